The van der Waals surface area contributed by atoms with Gasteiger partial charge in [0, 0.05) is 30.7 Å². The fraction of sp³-hybridized carbons (Fsp3) is 0.417. The highest BCUT2D eigenvalue weighted by Gasteiger charge is 2.14. The number of nitrogens with zero attached hydrogens (tertiary/aromatic N) is 1. The van der Waals surface area contributed by atoms with Crippen LogP contribution in [0.2, 0.25) is 0 Å². The zero-order valence-corrected chi connectivity index (χ0v) is 11.5. The summed E-state index contributed by atoms with van der Waals surface area (Å²) in [4.78, 5) is 13.8. The number of amides is 1. The van der Waals surface area contributed by atoms with Gasteiger partial charge in [-0.2, -0.15) is 0 Å². The van der Waals surface area contributed by atoms with Crippen molar-refractivity contribution < 1.29 is 9.18 Å². The maximum absolute atomic E-state index is 13.5. The zero-order chi connectivity index (χ0) is 13.0. The Hall–Kier alpha value is -0.980. The van der Waals surface area contributed by atoms with Crippen molar-refractivity contribution in [3.8, 4) is 0 Å². The number of rotatable bonds is 3. The molecule has 1 saturated heterocycles. The number of anilines is 1. The number of piperazine rings is 1. The van der Waals surface area contributed by atoms with Crippen LogP contribution in [-0.2, 0) is 4.79 Å². The molecule has 1 aromatic carbocycles. The van der Waals surface area contributed by atoms with Gasteiger partial charge in [0.1, 0.15) is 5.82 Å². The van der Waals surface area contributed by atoms with Gasteiger partial charge in [-0.3, -0.25) is 9.69 Å². The summed E-state index contributed by atoms with van der Waals surface area (Å²) in [7, 11) is 0. The van der Waals surface area contributed by atoms with Gasteiger partial charge in [-0.15, -0.1) is 0 Å². The van der Waals surface area contributed by atoms with Crippen LogP contribution in [0.25, 0.3) is 0 Å². The largest absolute Gasteiger partial charge is 0.322 e. The molecule has 0 unspecified atom stereocenters. The average molecular weight is 316 g/mol. The maximum atomic E-state index is 13.5. The second-order valence-electron chi connectivity index (χ2n) is 4.20. The average Bonchev–Trinajstić information content (AvgIpc) is 2.34. The van der Waals surface area contributed by atoms with Gasteiger partial charge in [-0.25, -0.2) is 4.39 Å². The molecule has 4 nitrogen and oxygen atoms in total. The van der Waals surface area contributed by atoms with Crippen molar-refractivity contribution in [1.82, 2.24) is 10.2 Å². The number of nitrogens with one attached hydrogen (secondary N) is 2. The van der Waals surface area contributed by atoms with Crippen LogP contribution in [0.15, 0.2) is 22.7 Å². The van der Waals surface area contributed by atoms with Gasteiger partial charge >= 0.3 is 0 Å². The van der Waals surface area contributed by atoms with E-state index in [1.54, 1.807) is 12.1 Å². The molecular formula is C12H15BrFN3O. The summed E-state index contributed by atoms with van der Waals surface area (Å²) in [5, 5.41) is 5.80. The Morgan fingerprint density at radius 3 is 2.83 bits per heavy atom. The second kappa shape index (κ2) is 6.26. The van der Waals surface area contributed by atoms with E-state index < -0.39 is 5.82 Å². The van der Waals surface area contributed by atoms with E-state index in [2.05, 4.69) is 26.6 Å². The molecule has 1 amide bonds. The molecule has 2 N–H and O–H groups in total. The molecule has 0 aromatic heterocycles. The monoisotopic (exact) mass is 315 g/mol. The lowest BCUT2D eigenvalue weighted by atomic mass is 10.3. The molecule has 1 aromatic rings. The van der Waals surface area contributed by atoms with Gasteiger partial charge in [0.2, 0.25) is 5.91 Å². The summed E-state index contributed by atoms with van der Waals surface area (Å²) in [6.07, 6.45) is 0. The first-order chi connectivity index (χ1) is 8.65. The highest BCUT2D eigenvalue weighted by atomic mass is 79.9. The molecule has 0 bridgehead atoms. The minimum Gasteiger partial charge on any atom is -0.322 e. The highest BCUT2D eigenvalue weighted by Crippen LogP contribution is 2.19. The summed E-state index contributed by atoms with van der Waals surface area (Å²) in [5.41, 5.74) is 0.221. The summed E-state index contributed by atoms with van der Waals surface area (Å²) >= 11 is 3.17. The molecule has 0 saturated carbocycles. The van der Waals surface area contributed by atoms with Gasteiger partial charge in [0.25, 0.3) is 0 Å². The first kappa shape index (κ1) is 13.5. The van der Waals surface area contributed by atoms with Gasteiger partial charge in [-0.1, -0.05) is 15.9 Å². The van der Waals surface area contributed by atoms with Gasteiger partial charge < -0.3 is 10.6 Å². The Balaban J connectivity index is 1.90. The van der Waals surface area contributed by atoms with Crippen LogP contribution >= 0.6 is 15.9 Å². The number of carbonyl (C=O) groups is 1. The fourth-order valence-electron chi connectivity index (χ4n) is 1.85. The molecule has 1 aliphatic rings. The Kier molecular flexibility index (Phi) is 4.68. The van der Waals surface area contributed by atoms with Crippen molar-refractivity contribution in [2.75, 3.05) is 38.0 Å². The van der Waals surface area contributed by atoms with Crippen LogP contribution in [-0.4, -0.2) is 43.5 Å². The van der Waals surface area contributed by atoms with Crippen LogP contribution in [0.4, 0.5) is 10.1 Å². The van der Waals surface area contributed by atoms with Crippen LogP contribution in [0.5, 0.6) is 0 Å². The molecule has 0 spiro atoms. The predicted molar refractivity (Wildman–Crippen MR) is 72.0 cm³/mol. The second-order valence-corrected chi connectivity index (χ2v) is 5.11. The van der Waals surface area contributed by atoms with E-state index in [1.807, 2.05) is 4.90 Å². The van der Waals surface area contributed by atoms with Crippen molar-refractivity contribution in [3.63, 3.8) is 0 Å². The van der Waals surface area contributed by atoms with E-state index in [4.69, 9.17) is 0 Å². The third kappa shape index (κ3) is 3.76. The number of hydrogen-bond donors (Lipinski definition) is 2. The van der Waals surface area contributed by atoms with E-state index in [0.717, 1.165) is 26.2 Å². The summed E-state index contributed by atoms with van der Waals surface area (Å²) < 4.78 is 14.2. The Bertz CT molecular complexity index is 435. The van der Waals surface area contributed by atoms with Crippen molar-refractivity contribution in [1.29, 1.82) is 0 Å². The van der Waals surface area contributed by atoms with E-state index >= 15 is 0 Å². The van der Waals surface area contributed by atoms with Crippen molar-refractivity contribution >= 4 is 27.5 Å². The van der Waals surface area contributed by atoms with E-state index in [1.165, 1.54) is 6.07 Å². The first-order valence-corrected chi connectivity index (χ1v) is 6.62. The smallest absolute Gasteiger partial charge is 0.238 e. The van der Waals surface area contributed by atoms with E-state index in [0.29, 0.717) is 11.0 Å². The molecule has 0 aliphatic carbocycles. The van der Waals surface area contributed by atoms with Crippen molar-refractivity contribution in [2.45, 2.75) is 0 Å². The molecule has 1 fully saturated rings. The number of halogens is 2. The Labute approximate surface area is 114 Å². The zero-order valence-electron chi connectivity index (χ0n) is 9.88. The molecule has 0 radical (unpaired) electrons. The van der Waals surface area contributed by atoms with Gasteiger partial charge in [0.05, 0.1) is 12.2 Å². The Morgan fingerprint density at radius 2 is 2.17 bits per heavy atom. The van der Waals surface area contributed by atoms with Crippen LogP contribution < -0.4 is 10.6 Å². The summed E-state index contributed by atoms with van der Waals surface area (Å²) in [6.45, 7) is 3.77. The SMILES string of the molecule is O=C(CN1CCNCC1)Nc1ccc(Br)cc1F. The standard InChI is InChI=1S/C12H15BrFN3O/c13-9-1-2-11(10(14)7-9)16-12(18)8-17-5-3-15-4-6-17/h1-2,7,15H,3-6,8H2,(H,16,18). The molecule has 1 heterocycles. The molecule has 0 atom stereocenters. The molecule has 2 rings (SSSR count). The lowest BCUT2D eigenvalue weighted by Crippen LogP contribution is -2.46. The lowest BCUT2D eigenvalue weighted by molar-refractivity contribution is -0.117. The normalized spacial score (nSPS) is 16.6. The predicted octanol–water partition coefficient (Wildman–Crippen LogP) is 1.43. The number of carbonyl (C=O) groups excluding carboxylic acids is 1. The minimum absolute atomic E-state index is 0.182. The van der Waals surface area contributed by atoms with Crippen molar-refractivity contribution in [2.24, 2.45) is 0 Å². The molecule has 6 heteroatoms. The summed E-state index contributed by atoms with van der Waals surface area (Å²) in [6, 6.07) is 4.58. The maximum Gasteiger partial charge on any atom is 0.238 e. The van der Waals surface area contributed by atoms with E-state index in [9.17, 15) is 9.18 Å². The first-order valence-electron chi connectivity index (χ1n) is 5.83. The topological polar surface area (TPSA) is 44.4 Å². The molecule has 18 heavy (non-hydrogen) atoms. The minimum atomic E-state index is -0.432. The van der Waals surface area contributed by atoms with Crippen molar-refractivity contribution in [3.05, 3.63) is 28.5 Å². The highest BCUT2D eigenvalue weighted by molar-refractivity contribution is 9.10. The number of benzene rings is 1. The lowest BCUT2D eigenvalue weighted by Gasteiger charge is -2.26. The van der Waals surface area contributed by atoms with Crippen LogP contribution in [0.3, 0.4) is 0 Å². The van der Waals surface area contributed by atoms with Crippen LogP contribution in [0.1, 0.15) is 0 Å². The van der Waals surface area contributed by atoms with Gasteiger partial charge in [-0.05, 0) is 18.2 Å². The quantitative estimate of drug-likeness (QED) is 0.887. The molecule has 98 valence electrons. The molecule has 1 aliphatic heterocycles. The third-order valence-electron chi connectivity index (χ3n) is 2.78. The third-order valence-corrected chi connectivity index (χ3v) is 3.28. The number of hydrogen-bond acceptors (Lipinski definition) is 3. The van der Waals surface area contributed by atoms with Gasteiger partial charge in [0.15, 0.2) is 0 Å². The molecular weight excluding hydrogens is 301 g/mol. The fourth-order valence-corrected chi connectivity index (χ4v) is 2.19. The van der Waals surface area contributed by atoms with Crippen LogP contribution in [0, 0.1) is 5.82 Å². The summed E-state index contributed by atoms with van der Waals surface area (Å²) in [5.74, 6) is -0.615. The Morgan fingerprint density at radius 1 is 1.44 bits per heavy atom. The van der Waals surface area contributed by atoms with E-state index in [-0.39, 0.29) is 11.6 Å².